The van der Waals surface area contributed by atoms with Gasteiger partial charge in [0.25, 0.3) is 10.0 Å². The molecule has 23 heavy (non-hydrogen) atoms. The molecule has 0 atom stereocenters. The lowest BCUT2D eigenvalue weighted by atomic mass is 10.2. The predicted octanol–water partition coefficient (Wildman–Crippen LogP) is 3.05. The van der Waals surface area contributed by atoms with Crippen LogP contribution >= 0.6 is 0 Å². The van der Waals surface area contributed by atoms with E-state index in [4.69, 9.17) is 0 Å². The molecule has 5 nitrogen and oxygen atoms in total. The highest BCUT2D eigenvalue weighted by molar-refractivity contribution is 7.92. The Morgan fingerprint density at radius 1 is 1.26 bits per heavy atom. The highest BCUT2D eigenvalue weighted by Crippen LogP contribution is 2.42. The molecule has 1 aliphatic rings. The van der Waals surface area contributed by atoms with Crippen LogP contribution in [0.25, 0.3) is 0 Å². The van der Waals surface area contributed by atoms with Gasteiger partial charge in [0.1, 0.15) is 10.7 Å². The quantitative estimate of drug-likeness (QED) is 0.908. The van der Waals surface area contributed by atoms with Crippen molar-refractivity contribution >= 4 is 15.7 Å². The van der Waals surface area contributed by atoms with Crippen LogP contribution in [-0.4, -0.2) is 20.5 Å². The van der Waals surface area contributed by atoms with Crippen molar-refractivity contribution in [2.75, 3.05) is 11.8 Å². The molecule has 1 aromatic carbocycles. The van der Waals surface area contributed by atoms with Gasteiger partial charge in [-0.15, -0.1) is 0 Å². The van der Waals surface area contributed by atoms with Gasteiger partial charge in [-0.3, -0.25) is 9.71 Å². The number of nitrogens with one attached hydrogen (secondary N) is 1. The van der Waals surface area contributed by atoms with Crippen LogP contribution in [0.15, 0.2) is 35.4 Å². The van der Waals surface area contributed by atoms with Gasteiger partial charge in [0.05, 0.1) is 18.5 Å². The Bertz CT molecular complexity index is 852. The van der Waals surface area contributed by atoms with E-state index >= 15 is 0 Å². The normalized spacial score (nSPS) is 14.6. The SMILES string of the molecule is COc1cc(F)c(S(=O)(=O)Nc2cccnc2C2CC2)cc1F. The molecular formula is C15H14F2N2O3S. The van der Waals surface area contributed by atoms with Crippen molar-refractivity contribution in [3.8, 4) is 5.75 Å². The number of anilines is 1. The fraction of sp³-hybridized carbons (Fsp3) is 0.267. The van der Waals surface area contributed by atoms with E-state index in [1.807, 2.05) is 0 Å². The highest BCUT2D eigenvalue weighted by Gasteiger charge is 2.30. The van der Waals surface area contributed by atoms with Crippen molar-refractivity contribution in [2.24, 2.45) is 0 Å². The third-order valence-corrected chi connectivity index (χ3v) is 4.92. The maximum atomic E-state index is 14.0. The molecule has 1 heterocycles. The summed E-state index contributed by atoms with van der Waals surface area (Å²) in [6, 6.07) is 4.43. The van der Waals surface area contributed by atoms with Crippen molar-refractivity contribution in [1.29, 1.82) is 0 Å². The number of hydrogen-bond donors (Lipinski definition) is 1. The van der Waals surface area contributed by atoms with Crippen LogP contribution in [0.5, 0.6) is 5.75 Å². The number of benzene rings is 1. The van der Waals surface area contributed by atoms with Gasteiger partial charge in [0, 0.05) is 24.2 Å². The zero-order valence-electron chi connectivity index (χ0n) is 12.2. The van der Waals surface area contributed by atoms with Crippen molar-refractivity contribution < 1.29 is 21.9 Å². The summed E-state index contributed by atoms with van der Waals surface area (Å²) in [6.07, 6.45) is 3.42. The number of methoxy groups -OCH3 is 1. The average molecular weight is 340 g/mol. The fourth-order valence-corrected chi connectivity index (χ4v) is 3.40. The third kappa shape index (κ3) is 3.12. The standard InChI is InChI=1S/C15H14F2N2O3S/c1-22-13-7-11(17)14(8-10(13)16)23(20,21)19-12-3-2-6-18-15(12)9-4-5-9/h2-3,6-9,19H,4-5H2,1H3. The highest BCUT2D eigenvalue weighted by atomic mass is 32.2. The van der Waals surface area contributed by atoms with Crippen LogP contribution in [-0.2, 0) is 10.0 Å². The number of halogens is 2. The Kier molecular flexibility index (Phi) is 3.93. The number of hydrogen-bond acceptors (Lipinski definition) is 4. The first-order valence-corrected chi connectivity index (χ1v) is 8.41. The number of rotatable bonds is 5. The van der Waals surface area contributed by atoms with E-state index in [9.17, 15) is 17.2 Å². The van der Waals surface area contributed by atoms with Crippen molar-refractivity contribution in [1.82, 2.24) is 4.98 Å². The predicted molar refractivity (Wildman–Crippen MR) is 79.9 cm³/mol. The number of aromatic nitrogens is 1. The average Bonchev–Trinajstić information content (AvgIpc) is 3.34. The van der Waals surface area contributed by atoms with Gasteiger partial charge >= 0.3 is 0 Å². The monoisotopic (exact) mass is 340 g/mol. The second kappa shape index (κ2) is 5.77. The molecule has 0 aliphatic heterocycles. The molecule has 2 aromatic rings. The van der Waals surface area contributed by atoms with E-state index in [-0.39, 0.29) is 17.4 Å². The molecule has 1 N–H and O–H groups in total. The summed E-state index contributed by atoms with van der Waals surface area (Å²) in [7, 11) is -3.11. The van der Waals surface area contributed by atoms with Crippen LogP contribution in [0.2, 0.25) is 0 Å². The fourth-order valence-electron chi connectivity index (χ4n) is 2.26. The van der Waals surface area contributed by atoms with Gasteiger partial charge in [0.2, 0.25) is 0 Å². The van der Waals surface area contributed by atoms with Crippen molar-refractivity contribution in [3.63, 3.8) is 0 Å². The summed E-state index contributed by atoms with van der Waals surface area (Å²) in [5.74, 6) is -2.21. The van der Waals surface area contributed by atoms with E-state index in [0.717, 1.165) is 12.8 Å². The van der Waals surface area contributed by atoms with E-state index in [1.54, 1.807) is 18.3 Å². The van der Waals surface area contributed by atoms with Crippen molar-refractivity contribution in [2.45, 2.75) is 23.7 Å². The summed E-state index contributed by atoms with van der Waals surface area (Å²) in [6.45, 7) is 0. The van der Waals surface area contributed by atoms with E-state index in [1.165, 1.54) is 7.11 Å². The maximum Gasteiger partial charge on any atom is 0.264 e. The van der Waals surface area contributed by atoms with Crippen LogP contribution in [0.3, 0.4) is 0 Å². The molecule has 1 saturated carbocycles. The van der Waals surface area contributed by atoms with Crippen LogP contribution in [0, 0.1) is 11.6 Å². The number of pyridine rings is 1. The largest absolute Gasteiger partial charge is 0.494 e. The summed E-state index contributed by atoms with van der Waals surface area (Å²) >= 11 is 0. The molecule has 1 fully saturated rings. The van der Waals surface area contributed by atoms with E-state index in [0.29, 0.717) is 17.8 Å². The van der Waals surface area contributed by atoms with Crippen LogP contribution in [0.4, 0.5) is 14.5 Å². The molecule has 0 unspecified atom stereocenters. The molecule has 0 radical (unpaired) electrons. The van der Waals surface area contributed by atoms with E-state index in [2.05, 4.69) is 14.4 Å². The molecule has 1 aliphatic carbocycles. The molecule has 0 amide bonds. The Morgan fingerprint density at radius 3 is 2.65 bits per heavy atom. The Hall–Kier alpha value is -2.22. The molecular weight excluding hydrogens is 326 g/mol. The molecule has 3 rings (SSSR count). The van der Waals surface area contributed by atoms with Crippen LogP contribution < -0.4 is 9.46 Å². The summed E-state index contributed by atoms with van der Waals surface area (Å²) in [4.78, 5) is 3.39. The maximum absolute atomic E-state index is 14.0. The van der Waals surface area contributed by atoms with Gasteiger partial charge in [0.15, 0.2) is 11.6 Å². The number of ether oxygens (including phenoxy) is 1. The Balaban J connectivity index is 1.98. The van der Waals surface area contributed by atoms with Crippen molar-refractivity contribution in [3.05, 3.63) is 47.8 Å². The van der Waals surface area contributed by atoms with Gasteiger partial charge in [-0.2, -0.15) is 0 Å². The molecule has 0 spiro atoms. The molecule has 1 aromatic heterocycles. The first kappa shape index (κ1) is 15.7. The van der Waals surface area contributed by atoms with Crippen LogP contribution in [0.1, 0.15) is 24.5 Å². The Labute approximate surface area is 132 Å². The molecule has 122 valence electrons. The summed E-state index contributed by atoms with van der Waals surface area (Å²) < 4.78 is 59.4. The molecule has 8 heteroatoms. The lowest BCUT2D eigenvalue weighted by Crippen LogP contribution is -2.16. The zero-order chi connectivity index (χ0) is 16.6. The van der Waals surface area contributed by atoms with E-state index < -0.39 is 26.6 Å². The lowest BCUT2D eigenvalue weighted by molar-refractivity contribution is 0.380. The lowest BCUT2D eigenvalue weighted by Gasteiger charge is -2.12. The number of sulfonamides is 1. The first-order chi connectivity index (χ1) is 10.9. The molecule has 0 saturated heterocycles. The Morgan fingerprint density at radius 2 is 2.00 bits per heavy atom. The van der Waals surface area contributed by atoms with Gasteiger partial charge in [-0.05, 0) is 25.0 Å². The minimum Gasteiger partial charge on any atom is -0.494 e. The topological polar surface area (TPSA) is 68.3 Å². The minimum absolute atomic E-state index is 0.200. The zero-order valence-corrected chi connectivity index (χ0v) is 13.0. The number of nitrogens with zero attached hydrogens (tertiary/aromatic N) is 1. The second-order valence-electron chi connectivity index (χ2n) is 5.23. The van der Waals surface area contributed by atoms with Gasteiger partial charge < -0.3 is 4.74 Å². The first-order valence-electron chi connectivity index (χ1n) is 6.93. The smallest absolute Gasteiger partial charge is 0.264 e. The third-order valence-electron chi connectivity index (χ3n) is 3.54. The summed E-state index contributed by atoms with van der Waals surface area (Å²) in [5.41, 5.74) is 0.899. The van der Waals surface area contributed by atoms with Gasteiger partial charge in [-0.1, -0.05) is 0 Å². The summed E-state index contributed by atoms with van der Waals surface area (Å²) in [5, 5.41) is 0. The minimum atomic E-state index is -4.28. The second-order valence-corrected chi connectivity index (χ2v) is 6.88. The van der Waals surface area contributed by atoms with Gasteiger partial charge in [-0.25, -0.2) is 17.2 Å². The molecule has 0 bridgehead atoms.